The molecule has 4 atom stereocenters. The van der Waals surface area contributed by atoms with E-state index in [1.807, 2.05) is 11.8 Å². The molecule has 2 aromatic heterocycles. The molecule has 4 unspecified atom stereocenters. The van der Waals surface area contributed by atoms with Crippen molar-refractivity contribution in [2.24, 2.45) is 5.92 Å². The molecule has 3 aliphatic heterocycles. The standard InChI is InChI=1S/C27H22F2N4O3.C7H12FN/c1-5-17-20(28)7-6-15-8-16(34)9-18(21(15)17)23-22(29)24-19(10-30-23)26(32-27(31-24)36-4)33-11-13(2)25(35)14(3)12-33;8-6-4-7-2-1-3-9(7)5-6/h1,6-10,14,25,34-35H,2,11-12H2,3-4H3;6-7H,1-5H2. The summed E-state index contributed by atoms with van der Waals surface area (Å²) in [4.78, 5) is 17.1. The lowest BCUT2D eigenvalue weighted by Crippen LogP contribution is -2.44. The van der Waals surface area contributed by atoms with Gasteiger partial charge in [-0.3, -0.25) is 9.88 Å². The van der Waals surface area contributed by atoms with Crippen molar-refractivity contribution in [1.82, 2.24) is 19.9 Å². The Balaban J connectivity index is 0.000000337. The van der Waals surface area contributed by atoms with Gasteiger partial charge in [0.15, 0.2) is 5.82 Å². The molecule has 0 spiro atoms. The Morgan fingerprint density at radius 3 is 2.69 bits per heavy atom. The van der Waals surface area contributed by atoms with E-state index in [4.69, 9.17) is 11.2 Å². The number of halogens is 3. The summed E-state index contributed by atoms with van der Waals surface area (Å²) in [7, 11) is 1.37. The van der Waals surface area contributed by atoms with E-state index in [9.17, 15) is 19.0 Å². The zero-order valence-corrected chi connectivity index (χ0v) is 25.1. The maximum Gasteiger partial charge on any atom is 0.318 e. The third-order valence-electron chi connectivity index (χ3n) is 8.90. The Labute approximate surface area is 259 Å². The predicted octanol–water partition coefficient (Wildman–Crippen LogP) is 5.38. The number of methoxy groups -OCH3 is 1. The first-order chi connectivity index (χ1) is 21.6. The molecular formula is C34H34F3N5O3. The first kappa shape index (κ1) is 30.6. The van der Waals surface area contributed by atoms with Crippen LogP contribution in [0.5, 0.6) is 11.8 Å². The van der Waals surface area contributed by atoms with Crippen molar-refractivity contribution in [3.05, 3.63) is 59.8 Å². The van der Waals surface area contributed by atoms with Crippen LogP contribution in [-0.2, 0) is 0 Å². The Morgan fingerprint density at radius 1 is 1.18 bits per heavy atom. The summed E-state index contributed by atoms with van der Waals surface area (Å²) in [6.45, 7) is 8.45. The van der Waals surface area contributed by atoms with Crippen molar-refractivity contribution in [1.29, 1.82) is 0 Å². The second kappa shape index (κ2) is 12.2. The minimum atomic E-state index is -0.808. The zero-order valence-electron chi connectivity index (χ0n) is 25.1. The molecule has 0 aliphatic carbocycles. The largest absolute Gasteiger partial charge is 0.508 e. The van der Waals surface area contributed by atoms with Gasteiger partial charge in [-0.2, -0.15) is 9.97 Å². The van der Waals surface area contributed by atoms with Gasteiger partial charge in [0.2, 0.25) is 0 Å². The van der Waals surface area contributed by atoms with E-state index in [1.165, 1.54) is 50.4 Å². The quantitative estimate of drug-likeness (QED) is 0.234. The number of terminal acetylenes is 1. The van der Waals surface area contributed by atoms with Crippen molar-refractivity contribution in [3.8, 4) is 35.4 Å². The average molecular weight is 618 g/mol. The lowest BCUT2D eigenvalue weighted by Gasteiger charge is -2.37. The second-order valence-corrected chi connectivity index (χ2v) is 12.0. The van der Waals surface area contributed by atoms with E-state index in [-0.39, 0.29) is 45.4 Å². The third kappa shape index (κ3) is 5.64. The number of alkyl halides is 1. The Kier molecular flexibility index (Phi) is 8.29. The molecule has 8 nitrogen and oxygen atoms in total. The SMILES string of the molecule is C#Cc1c(F)ccc2cc(O)cc(-c3ncc4c(N5CC(=C)C(O)C(C)C5)nc(OC)nc4c3F)c12.FC1CC2CCCN2C1. The summed E-state index contributed by atoms with van der Waals surface area (Å²) in [6.07, 6.45) is 9.15. The minimum absolute atomic E-state index is 0.0611. The summed E-state index contributed by atoms with van der Waals surface area (Å²) in [6, 6.07) is 5.90. The van der Waals surface area contributed by atoms with Gasteiger partial charge in [0.25, 0.3) is 0 Å². The highest BCUT2D eigenvalue weighted by atomic mass is 19.1. The number of pyridine rings is 1. The van der Waals surface area contributed by atoms with E-state index in [2.05, 4.69) is 32.4 Å². The Bertz CT molecular complexity index is 1830. The Morgan fingerprint density at radius 2 is 1.98 bits per heavy atom. The highest BCUT2D eigenvalue weighted by molar-refractivity contribution is 6.03. The van der Waals surface area contributed by atoms with Crippen LogP contribution in [0.15, 0.2) is 42.6 Å². The first-order valence-corrected chi connectivity index (χ1v) is 14.9. The number of phenolic OH excluding ortho intramolecular Hbond substituents is 1. The second-order valence-electron chi connectivity index (χ2n) is 12.0. The van der Waals surface area contributed by atoms with Crippen LogP contribution in [0.4, 0.5) is 19.0 Å². The molecule has 3 saturated heterocycles. The van der Waals surface area contributed by atoms with Gasteiger partial charge in [-0.15, -0.1) is 6.42 Å². The molecule has 0 saturated carbocycles. The van der Waals surface area contributed by atoms with E-state index < -0.39 is 23.9 Å². The van der Waals surface area contributed by atoms with Crippen molar-refractivity contribution in [2.75, 3.05) is 38.2 Å². The normalized spacial score (nSPS) is 23.1. The topological polar surface area (TPSA) is 94.8 Å². The zero-order chi connectivity index (χ0) is 32.0. The molecule has 0 radical (unpaired) electrons. The highest BCUT2D eigenvalue weighted by Gasteiger charge is 2.35. The number of nitrogens with zero attached hydrogens (tertiary/aromatic N) is 5. The van der Waals surface area contributed by atoms with Crippen LogP contribution in [-0.4, -0.2) is 81.7 Å². The van der Waals surface area contributed by atoms with Crippen molar-refractivity contribution < 1.29 is 28.1 Å². The lowest BCUT2D eigenvalue weighted by molar-refractivity contribution is 0.141. The molecule has 4 aromatic rings. The molecule has 5 heterocycles. The molecule has 3 aliphatic rings. The van der Waals surface area contributed by atoms with E-state index in [1.54, 1.807) is 0 Å². The molecule has 2 N–H and O–H groups in total. The maximum absolute atomic E-state index is 16.1. The van der Waals surface area contributed by atoms with Crippen molar-refractivity contribution >= 4 is 27.5 Å². The fourth-order valence-electron chi connectivity index (χ4n) is 6.74. The van der Waals surface area contributed by atoms with Crippen LogP contribution in [0.2, 0.25) is 0 Å². The van der Waals surface area contributed by atoms with Gasteiger partial charge in [0, 0.05) is 48.7 Å². The number of hydrogen-bond acceptors (Lipinski definition) is 8. The smallest absolute Gasteiger partial charge is 0.318 e. The van der Waals surface area contributed by atoms with Gasteiger partial charge in [0.05, 0.1) is 24.2 Å². The number of aromatic nitrogens is 3. The van der Waals surface area contributed by atoms with Crippen LogP contribution in [0, 0.1) is 29.9 Å². The number of piperidine rings is 1. The summed E-state index contributed by atoms with van der Waals surface area (Å²) in [5.41, 5.74) is 0.438. The summed E-state index contributed by atoms with van der Waals surface area (Å²) >= 11 is 0. The fraction of sp³-hybridized carbons (Fsp3) is 0.382. The molecule has 234 valence electrons. The number of aliphatic hydroxyl groups excluding tert-OH is 1. The molecule has 11 heteroatoms. The molecule has 45 heavy (non-hydrogen) atoms. The van der Waals surface area contributed by atoms with Crippen LogP contribution in [0.3, 0.4) is 0 Å². The maximum atomic E-state index is 16.1. The lowest BCUT2D eigenvalue weighted by atomic mass is 9.93. The van der Waals surface area contributed by atoms with Gasteiger partial charge < -0.3 is 19.8 Å². The molecule has 0 bridgehead atoms. The summed E-state index contributed by atoms with van der Waals surface area (Å²) in [5, 5.41) is 21.6. The van der Waals surface area contributed by atoms with Gasteiger partial charge >= 0.3 is 6.01 Å². The van der Waals surface area contributed by atoms with E-state index in [0.29, 0.717) is 47.8 Å². The number of aromatic hydroxyl groups is 1. The average Bonchev–Trinajstić information content (AvgIpc) is 3.60. The minimum Gasteiger partial charge on any atom is -0.508 e. The fourth-order valence-corrected chi connectivity index (χ4v) is 6.74. The molecule has 2 aromatic carbocycles. The number of rotatable bonds is 3. The number of aliphatic hydroxyl groups is 1. The van der Waals surface area contributed by atoms with E-state index >= 15 is 4.39 Å². The molecule has 0 amide bonds. The highest BCUT2D eigenvalue weighted by Crippen LogP contribution is 2.39. The van der Waals surface area contributed by atoms with Gasteiger partial charge in [-0.1, -0.05) is 25.5 Å². The first-order valence-electron chi connectivity index (χ1n) is 14.9. The molecular weight excluding hydrogens is 583 g/mol. The van der Waals surface area contributed by atoms with E-state index in [0.717, 1.165) is 13.0 Å². The van der Waals surface area contributed by atoms with Gasteiger partial charge in [-0.05, 0) is 55.0 Å². The van der Waals surface area contributed by atoms with Crippen LogP contribution in [0.1, 0.15) is 31.7 Å². The number of benzene rings is 2. The van der Waals surface area contributed by atoms with Gasteiger partial charge in [-0.25, -0.2) is 13.2 Å². The van der Waals surface area contributed by atoms with Gasteiger partial charge in [0.1, 0.15) is 34.8 Å². The monoisotopic (exact) mass is 617 g/mol. The van der Waals surface area contributed by atoms with Crippen LogP contribution >= 0.6 is 0 Å². The predicted molar refractivity (Wildman–Crippen MR) is 167 cm³/mol. The summed E-state index contributed by atoms with van der Waals surface area (Å²) < 4.78 is 48.5. The number of hydrogen-bond donors (Lipinski definition) is 2. The van der Waals surface area contributed by atoms with Crippen LogP contribution < -0.4 is 9.64 Å². The van der Waals surface area contributed by atoms with Crippen LogP contribution in [0.25, 0.3) is 32.9 Å². The number of anilines is 1. The van der Waals surface area contributed by atoms with Crippen molar-refractivity contribution in [3.63, 3.8) is 0 Å². The molecule has 7 rings (SSSR count). The number of fused-ring (bicyclic) bond motifs is 3. The Hall–Kier alpha value is -4.40. The number of phenols is 1. The summed E-state index contributed by atoms with van der Waals surface area (Å²) in [5.74, 6) is 0.956. The number of ether oxygens (including phenoxy) is 1. The van der Waals surface area contributed by atoms with Crippen molar-refractivity contribution in [2.45, 2.75) is 44.5 Å². The molecule has 3 fully saturated rings. The third-order valence-corrected chi connectivity index (χ3v) is 8.90.